The third-order valence-electron chi connectivity index (χ3n) is 4.27. The van der Waals surface area contributed by atoms with Gasteiger partial charge in [-0.15, -0.1) is 0 Å². The summed E-state index contributed by atoms with van der Waals surface area (Å²) in [6.45, 7) is 3.18. The number of aryl methyl sites for hydroxylation is 2. The van der Waals surface area contributed by atoms with Crippen LogP contribution in [0.2, 0.25) is 0 Å². The number of carbonyl (C=O) groups excluding carboxylic acids is 1. The van der Waals surface area contributed by atoms with Gasteiger partial charge in [-0.2, -0.15) is 0 Å². The van der Waals surface area contributed by atoms with Crippen molar-refractivity contribution in [1.82, 2.24) is 5.32 Å². The van der Waals surface area contributed by atoms with E-state index in [1.165, 1.54) is 0 Å². The van der Waals surface area contributed by atoms with Crippen LogP contribution >= 0.6 is 0 Å². The van der Waals surface area contributed by atoms with E-state index in [1.807, 2.05) is 43.3 Å². The number of hydrogen-bond donors (Lipinski definition) is 1. The predicted molar refractivity (Wildman–Crippen MR) is 109 cm³/mol. The molecule has 152 valence electrons. The van der Waals surface area contributed by atoms with Gasteiger partial charge in [-0.1, -0.05) is 12.1 Å². The summed E-state index contributed by atoms with van der Waals surface area (Å²) in [6.07, 6.45) is 1.73. The second kappa shape index (κ2) is 11.1. The van der Waals surface area contributed by atoms with Crippen LogP contribution in [-0.4, -0.2) is 40.4 Å². The van der Waals surface area contributed by atoms with Gasteiger partial charge in [0.25, 0.3) is 0 Å². The number of amides is 1. The van der Waals surface area contributed by atoms with Gasteiger partial charge in [0.05, 0.1) is 27.9 Å². The predicted octanol–water partition coefficient (Wildman–Crippen LogP) is 3.54. The average Bonchev–Trinajstić information content (AvgIpc) is 2.71. The minimum absolute atomic E-state index is 0.00399. The van der Waals surface area contributed by atoms with Crippen molar-refractivity contribution in [3.05, 3.63) is 47.5 Å². The van der Waals surface area contributed by atoms with Crippen molar-refractivity contribution >= 4 is 5.91 Å². The van der Waals surface area contributed by atoms with E-state index in [9.17, 15) is 4.79 Å². The van der Waals surface area contributed by atoms with E-state index < -0.39 is 0 Å². The quantitative estimate of drug-likeness (QED) is 0.598. The Morgan fingerprint density at radius 1 is 1.00 bits per heavy atom. The maximum atomic E-state index is 12.1. The molecule has 0 saturated heterocycles. The highest BCUT2D eigenvalue weighted by atomic mass is 16.5. The molecule has 0 heterocycles. The van der Waals surface area contributed by atoms with Gasteiger partial charge in [-0.3, -0.25) is 4.79 Å². The fourth-order valence-corrected chi connectivity index (χ4v) is 2.82. The maximum absolute atomic E-state index is 12.1. The minimum atomic E-state index is 0.00399. The molecule has 0 atom stereocenters. The van der Waals surface area contributed by atoms with Gasteiger partial charge in [0.2, 0.25) is 11.7 Å². The molecule has 1 N–H and O–H groups in total. The number of methoxy groups -OCH3 is 3. The second-order valence-electron chi connectivity index (χ2n) is 6.40. The van der Waals surface area contributed by atoms with E-state index in [1.54, 1.807) is 21.3 Å². The molecule has 0 aromatic heterocycles. The van der Waals surface area contributed by atoms with E-state index in [0.29, 0.717) is 43.2 Å². The van der Waals surface area contributed by atoms with Crippen molar-refractivity contribution in [1.29, 1.82) is 0 Å². The Morgan fingerprint density at radius 2 is 1.71 bits per heavy atom. The molecule has 6 heteroatoms. The molecule has 28 heavy (non-hydrogen) atoms. The van der Waals surface area contributed by atoms with Crippen LogP contribution in [0.5, 0.6) is 23.0 Å². The molecule has 1 amide bonds. The molecule has 2 rings (SSSR count). The zero-order chi connectivity index (χ0) is 20.4. The number of carbonyl (C=O) groups is 1. The lowest BCUT2D eigenvalue weighted by Crippen LogP contribution is -2.25. The Balaban J connectivity index is 1.73. The molecule has 0 unspecified atom stereocenters. The highest BCUT2D eigenvalue weighted by Crippen LogP contribution is 2.38. The minimum Gasteiger partial charge on any atom is -0.494 e. The van der Waals surface area contributed by atoms with Crippen molar-refractivity contribution in [2.75, 3.05) is 34.5 Å². The molecule has 6 nitrogen and oxygen atoms in total. The van der Waals surface area contributed by atoms with Crippen molar-refractivity contribution < 1.29 is 23.7 Å². The monoisotopic (exact) mass is 387 g/mol. The third kappa shape index (κ3) is 6.37. The van der Waals surface area contributed by atoms with Gasteiger partial charge in [0.1, 0.15) is 5.75 Å². The largest absolute Gasteiger partial charge is 0.494 e. The maximum Gasteiger partial charge on any atom is 0.220 e. The summed E-state index contributed by atoms with van der Waals surface area (Å²) < 4.78 is 21.7. The molecule has 0 saturated carbocycles. The van der Waals surface area contributed by atoms with Crippen LogP contribution < -0.4 is 24.3 Å². The number of ether oxygens (including phenoxy) is 4. The van der Waals surface area contributed by atoms with Crippen LogP contribution in [-0.2, 0) is 11.2 Å². The Kier molecular flexibility index (Phi) is 8.46. The Hall–Kier alpha value is -2.89. The number of rotatable bonds is 11. The zero-order valence-electron chi connectivity index (χ0n) is 17.0. The van der Waals surface area contributed by atoms with E-state index in [2.05, 4.69) is 5.32 Å². The zero-order valence-corrected chi connectivity index (χ0v) is 17.0. The standard InChI is InChI=1S/C22H29NO5/c1-16-7-5-8-18(13-16)28-12-6-11-23-21(24)10-9-17-14-19(25-2)22(27-4)20(15-17)26-3/h5,7-8,13-15H,6,9-12H2,1-4H3,(H,23,24). The van der Waals surface area contributed by atoms with Gasteiger partial charge in [-0.25, -0.2) is 0 Å². The number of benzene rings is 2. The molecule has 0 aliphatic carbocycles. The van der Waals surface area contributed by atoms with Crippen molar-refractivity contribution in [3.8, 4) is 23.0 Å². The molecule has 0 radical (unpaired) electrons. The first-order valence-corrected chi connectivity index (χ1v) is 9.32. The summed E-state index contributed by atoms with van der Waals surface area (Å²) in [7, 11) is 4.72. The summed E-state index contributed by atoms with van der Waals surface area (Å²) in [5, 5.41) is 2.92. The first-order valence-electron chi connectivity index (χ1n) is 9.32. The molecular weight excluding hydrogens is 358 g/mol. The lowest BCUT2D eigenvalue weighted by Gasteiger charge is -2.14. The van der Waals surface area contributed by atoms with Gasteiger partial charge in [0, 0.05) is 13.0 Å². The number of hydrogen-bond acceptors (Lipinski definition) is 5. The molecule has 0 bridgehead atoms. The Bertz CT molecular complexity index is 750. The molecule has 0 spiro atoms. The third-order valence-corrected chi connectivity index (χ3v) is 4.27. The molecule has 0 fully saturated rings. The first kappa shape index (κ1) is 21.4. The highest BCUT2D eigenvalue weighted by molar-refractivity contribution is 5.76. The molecule has 2 aromatic rings. The molecule has 0 aliphatic heterocycles. The van der Waals surface area contributed by atoms with Crippen LogP contribution in [0.1, 0.15) is 24.0 Å². The smallest absolute Gasteiger partial charge is 0.220 e. The van der Waals surface area contributed by atoms with Crippen LogP contribution in [0, 0.1) is 6.92 Å². The summed E-state index contributed by atoms with van der Waals surface area (Å²) in [5.41, 5.74) is 2.12. The van der Waals surface area contributed by atoms with Crippen LogP contribution in [0.25, 0.3) is 0 Å². The van der Waals surface area contributed by atoms with Crippen molar-refractivity contribution in [3.63, 3.8) is 0 Å². The second-order valence-corrected chi connectivity index (χ2v) is 6.40. The first-order chi connectivity index (χ1) is 13.6. The normalized spacial score (nSPS) is 10.3. The SMILES string of the molecule is COc1cc(CCC(=O)NCCCOc2cccc(C)c2)cc(OC)c1OC. The lowest BCUT2D eigenvalue weighted by atomic mass is 10.1. The Labute approximate surface area is 166 Å². The van der Waals surface area contributed by atoms with E-state index in [0.717, 1.165) is 23.3 Å². The summed E-state index contributed by atoms with van der Waals surface area (Å²) in [6, 6.07) is 11.7. The van der Waals surface area contributed by atoms with Gasteiger partial charge >= 0.3 is 0 Å². The van der Waals surface area contributed by atoms with Gasteiger partial charge < -0.3 is 24.3 Å². The summed E-state index contributed by atoms with van der Waals surface area (Å²) in [5.74, 6) is 2.58. The fourth-order valence-electron chi connectivity index (χ4n) is 2.82. The lowest BCUT2D eigenvalue weighted by molar-refractivity contribution is -0.121. The van der Waals surface area contributed by atoms with Crippen molar-refractivity contribution in [2.24, 2.45) is 0 Å². The fraction of sp³-hybridized carbons (Fsp3) is 0.409. The van der Waals surface area contributed by atoms with Gasteiger partial charge in [-0.05, 0) is 55.2 Å². The molecular formula is C22H29NO5. The average molecular weight is 387 g/mol. The Morgan fingerprint density at radius 3 is 2.32 bits per heavy atom. The van der Waals surface area contributed by atoms with E-state index >= 15 is 0 Å². The summed E-state index contributed by atoms with van der Waals surface area (Å²) in [4.78, 5) is 12.1. The topological polar surface area (TPSA) is 66.0 Å². The van der Waals surface area contributed by atoms with Crippen molar-refractivity contribution in [2.45, 2.75) is 26.2 Å². The summed E-state index contributed by atoms with van der Waals surface area (Å²) >= 11 is 0. The highest BCUT2D eigenvalue weighted by Gasteiger charge is 2.13. The van der Waals surface area contributed by atoms with Crippen LogP contribution in [0.15, 0.2) is 36.4 Å². The number of nitrogens with one attached hydrogen (secondary N) is 1. The van der Waals surface area contributed by atoms with E-state index in [4.69, 9.17) is 18.9 Å². The molecule has 0 aliphatic rings. The molecule has 2 aromatic carbocycles. The van der Waals surface area contributed by atoms with Crippen LogP contribution in [0.3, 0.4) is 0 Å². The van der Waals surface area contributed by atoms with E-state index in [-0.39, 0.29) is 5.91 Å². The van der Waals surface area contributed by atoms with Crippen LogP contribution in [0.4, 0.5) is 0 Å². The van der Waals surface area contributed by atoms with Gasteiger partial charge in [0.15, 0.2) is 11.5 Å².